The van der Waals surface area contributed by atoms with Crippen molar-refractivity contribution < 1.29 is 19.4 Å². The van der Waals surface area contributed by atoms with Crippen molar-refractivity contribution in [2.24, 2.45) is 0 Å². The van der Waals surface area contributed by atoms with Gasteiger partial charge in [-0.2, -0.15) is 0 Å². The highest BCUT2D eigenvalue weighted by Crippen LogP contribution is 2.37. The highest BCUT2D eigenvalue weighted by molar-refractivity contribution is 5.90. The van der Waals surface area contributed by atoms with Crippen molar-refractivity contribution >= 4 is 17.6 Å². The number of benzene rings is 2. The van der Waals surface area contributed by atoms with Crippen molar-refractivity contribution in [2.75, 3.05) is 6.61 Å². The predicted molar refractivity (Wildman–Crippen MR) is 117 cm³/mol. The van der Waals surface area contributed by atoms with Gasteiger partial charge in [0.1, 0.15) is 0 Å². The molecule has 8 heteroatoms. The number of nitrogens with zero attached hydrogens (tertiary/aromatic N) is 2. The molecule has 4 aromatic rings. The lowest BCUT2D eigenvalue weighted by Crippen LogP contribution is -2.13. The number of esters is 1. The molecule has 0 saturated heterocycles. The Balaban J connectivity index is 1.58. The Morgan fingerprint density at radius 3 is 2.69 bits per heavy atom. The van der Waals surface area contributed by atoms with Crippen molar-refractivity contribution in [1.82, 2.24) is 14.4 Å². The molecule has 1 aliphatic carbocycles. The Kier molecular flexibility index (Phi) is 4.62. The number of imidazole rings is 1. The minimum Gasteiger partial charge on any atom is -0.481 e. The summed E-state index contributed by atoms with van der Waals surface area (Å²) in [5, 5.41) is 9.24. The van der Waals surface area contributed by atoms with Gasteiger partial charge in [-0.1, -0.05) is 30.3 Å². The van der Waals surface area contributed by atoms with Gasteiger partial charge in [-0.3, -0.25) is 14.0 Å². The number of nitrogens with one attached hydrogen (secondary N) is 1. The first-order chi connectivity index (χ1) is 15.5. The van der Waals surface area contributed by atoms with Crippen LogP contribution in [0.1, 0.15) is 34.1 Å². The van der Waals surface area contributed by atoms with Crippen LogP contribution in [-0.4, -0.2) is 38.0 Å². The van der Waals surface area contributed by atoms with E-state index in [1.165, 1.54) is 0 Å². The molecule has 5 rings (SSSR count). The number of fused-ring (bicyclic) bond motifs is 5. The van der Waals surface area contributed by atoms with Crippen molar-refractivity contribution in [2.45, 2.75) is 19.8 Å². The van der Waals surface area contributed by atoms with E-state index in [-0.39, 0.29) is 17.6 Å². The van der Waals surface area contributed by atoms with Gasteiger partial charge in [0.15, 0.2) is 0 Å². The van der Waals surface area contributed by atoms with Crippen LogP contribution in [-0.2, 0) is 22.4 Å². The molecule has 0 unspecified atom stereocenters. The summed E-state index contributed by atoms with van der Waals surface area (Å²) in [6.07, 6.45) is 2.22. The molecule has 0 spiro atoms. The molecule has 0 saturated carbocycles. The van der Waals surface area contributed by atoms with Crippen LogP contribution in [0.4, 0.5) is 0 Å². The van der Waals surface area contributed by atoms with Crippen LogP contribution < -0.4 is 5.56 Å². The minimum absolute atomic E-state index is 0.0769. The zero-order chi connectivity index (χ0) is 22.4. The lowest BCUT2D eigenvalue weighted by molar-refractivity contribution is -0.136. The third-order valence-corrected chi connectivity index (χ3v) is 5.65. The van der Waals surface area contributed by atoms with E-state index in [1.807, 2.05) is 6.07 Å². The van der Waals surface area contributed by atoms with Crippen LogP contribution in [0.3, 0.4) is 0 Å². The van der Waals surface area contributed by atoms with E-state index in [2.05, 4.69) is 9.97 Å². The van der Waals surface area contributed by atoms with Gasteiger partial charge >= 0.3 is 11.9 Å². The number of H-pyrrole nitrogens is 1. The fourth-order valence-electron chi connectivity index (χ4n) is 4.21. The predicted octanol–water partition coefficient (Wildman–Crippen LogP) is 3.06. The van der Waals surface area contributed by atoms with Crippen molar-refractivity contribution in [3.8, 4) is 22.5 Å². The molecule has 0 bridgehead atoms. The Labute approximate surface area is 182 Å². The second-order valence-electron chi connectivity index (χ2n) is 7.58. The summed E-state index contributed by atoms with van der Waals surface area (Å²) in [4.78, 5) is 43.4. The highest BCUT2D eigenvalue weighted by Gasteiger charge is 2.26. The van der Waals surface area contributed by atoms with E-state index in [0.29, 0.717) is 30.0 Å². The molecule has 0 fully saturated rings. The molecule has 8 nitrogen and oxygen atoms in total. The van der Waals surface area contributed by atoms with Crippen molar-refractivity contribution in [1.29, 1.82) is 0 Å². The first-order valence-electron chi connectivity index (χ1n) is 10.2. The zero-order valence-corrected chi connectivity index (χ0v) is 17.2. The summed E-state index contributed by atoms with van der Waals surface area (Å²) in [5.74, 6) is -1.29. The fraction of sp³-hybridized carbons (Fsp3) is 0.167. The second kappa shape index (κ2) is 7.49. The monoisotopic (exact) mass is 429 g/mol. The molecule has 1 aliphatic rings. The van der Waals surface area contributed by atoms with Crippen LogP contribution in [0.25, 0.3) is 28.2 Å². The molecule has 2 aromatic carbocycles. The largest absolute Gasteiger partial charge is 0.481 e. The topological polar surface area (TPSA) is 114 Å². The fourth-order valence-corrected chi connectivity index (χ4v) is 4.21. The molecule has 2 N–H and O–H groups in total. The van der Waals surface area contributed by atoms with E-state index in [1.54, 1.807) is 53.9 Å². The molecule has 0 radical (unpaired) electrons. The standard InChI is InChI=1S/C24H19N3O5/c1-2-32-24(31)14-8-6-13(7-9-14)18-12-27-19-11-17-15(10-20(28)29)4-3-5-16(17)21(19)26-23(30)22(27)25-18/h3-9,12H,2,10-11H2,1H3,(H,26,30)(H,28,29). The zero-order valence-electron chi connectivity index (χ0n) is 17.2. The Hall–Kier alpha value is -4.20. The molecule has 2 heterocycles. The second-order valence-corrected chi connectivity index (χ2v) is 7.58. The van der Waals surface area contributed by atoms with Gasteiger partial charge in [-0.25, -0.2) is 9.78 Å². The highest BCUT2D eigenvalue weighted by atomic mass is 16.5. The lowest BCUT2D eigenvalue weighted by atomic mass is 10.0. The van der Waals surface area contributed by atoms with E-state index < -0.39 is 11.9 Å². The molecule has 2 aromatic heterocycles. The first kappa shape index (κ1) is 19.7. The lowest BCUT2D eigenvalue weighted by Gasteiger charge is -2.05. The molecule has 32 heavy (non-hydrogen) atoms. The number of hydrogen-bond acceptors (Lipinski definition) is 5. The van der Waals surface area contributed by atoms with Gasteiger partial charge in [0.2, 0.25) is 5.65 Å². The first-order valence-corrected chi connectivity index (χ1v) is 10.2. The third-order valence-electron chi connectivity index (χ3n) is 5.65. The van der Waals surface area contributed by atoms with Crippen LogP contribution in [0.15, 0.2) is 53.5 Å². The smallest absolute Gasteiger partial charge is 0.338 e. The number of ether oxygens (including phenoxy) is 1. The van der Waals surface area contributed by atoms with Gasteiger partial charge in [0.05, 0.1) is 35.7 Å². The van der Waals surface area contributed by atoms with Crippen LogP contribution in [0.2, 0.25) is 0 Å². The van der Waals surface area contributed by atoms with E-state index in [4.69, 9.17) is 4.74 Å². The quantitative estimate of drug-likeness (QED) is 0.415. The van der Waals surface area contributed by atoms with Gasteiger partial charge in [-0.05, 0) is 30.2 Å². The maximum Gasteiger partial charge on any atom is 0.338 e. The summed E-state index contributed by atoms with van der Waals surface area (Å²) in [6, 6.07) is 12.4. The van der Waals surface area contributed by atoms with Crippen molar-refractivity contribution in [3.63, 3.8) is 0 Å². The van der Waals surface area contributed by atoms with Crippen LogP contribution in [0, 0.1) is 0 Å². The van der Waals surface area contributed by atoms with Gasteiger partial charge in [-0.15, -0.1) is 0 Å². The number of aromatic nitrogens is 3. The molecule has 0 amide bonds. The summed E-state index contributed by atoms with van der Waals surface area (Å²) < 4.78 is 6.78. The number of carbonyl (C=O) groups excluding carboxylic acids is 1. The molecular formula is C24H19N3O5. The van der Waals surface area contributed by atoms with Gasteiger partial charge < -0.3 is 14.8 Å². The SMILES string of the molecule is CCOC(=O)c1ccc(-c2cn3c4c([nH]c(=O)c3n2)-c2cccc(CC(=O)O)c2C4)cc1. The summed E-state index contributed by atoms with van der Waals surface area (Å²) in [5.41, 5.74) is 5.76. The molecular weight excluding hydrogens is 410 g/mol. The molecule has 0 atom stereocenters. The van der Waals surface area contributed by atoms with E-state index in [9.17, 15) is 19.5 Å². The van der Waals surface area contributed by atoms with Gasteiger partial charge in [0.25, 0.3) is 5.56 Å². The van der Waals surface area contributed by atoms with E-state index >= 15 is 0 Å². The van der Waals surface area contributed by atoms with Crippen LogP contribution in [0.5, 0.6) is 0 Å². The van der Waals surface area contributed by atoms with Gasteiger partial charge in [0, 0.05) is 23.7 Å². The molecule has 0 aliphatic heterocycles. The number of aliphatic carboxylic acids is 1. The average Bonchev–Trinajstić information content (AvgIpc) is 3.37. The Morgan fingerprint density at radius 2 is 1.97 bits per heavy atom. The summed E-state index contributed by atoms with van der Waals surface area (Å²) in [6.45, 7) is 2.05. The maximum absolute atomic E-state index is 12.8. The molecule has 160 valence electrons. The van der Waals surface area contributed by atoms with Crippen molar-refractivity contribution in [3.05, 3.63) is 81.4 Å². The normalized spacial score (nSPS) is 11.9. The Morgan fingerprint density at radius 1 is 1.19 bits per heavy atom. The average molecular weight is 429 g/mol. The number of carboxylic acids is 1. The maximum atomic E-state index is 12.8. The summed E-state index contributed by atoms with van der Waals surface area (Å²) >= 11 is 0. The Bertz CT molecular complexity index is 1450. The number of carboxylic acid groups (broad SMARTS) is 1. The number of rotatable bonds is 5. The number of aromatic amines is 1. The van der Waals surface area contributed by atoms with E-state index in [0.717, 1.165) is 27.9 Å². The van der Waals surface area contributed by atoms with Crippen LogP contribution >= 0.6 is 0 Å². The third kappa shape index (κ3) is 3.17. The number of carbonyl (C=O) groups is 2. The summed E-state index contributed by atoms with van der Waals surface area (Å²) in [7, 11) is 0. The minimum atomic E-state index is -0.899. The number of hydrogen-bond donors (Lipinski definition) is 2.